The molecule has 4 rings (SSSR count). The average molecular weight is 586 g/mol. The smallest absolute Gasteiger partial charge is 0.408 e. The van der Waals surface area contributed by atoms with E-state index in [2.05, 4.69) is 10.6 Å². The number of nitrogens with one attached hydrogen (secondary N) is 2. The van der Waals surface area contributed by atoms with Crippen molar-refractivity contribution in [3.8, 4) is 5.75 Å². The van der Waals surface area contributed by atoms with E-state index in [9.17, 15) is 14.4 Å². The highest BCUT2D eigenvalue weighted by atomic mass is 16.6. The van der Waals surface area contributed by atoms with E-state index in [1.807, 2.05) is 62.4 Å². The average Bonchev–Trinajstić information content (AvgIpc) is 2.90. The number of benzene rings is 3. The molecule has 0 aliphatic heterocycles. The highest BCUT2D eigenvalue weighted by Gasteiger charge is 2.42. The molecule has 0 radical (unpaired) electrons. The molecule has 1 aliphatic carbocycles. The molecule has 3 amide bonds. The zero-order chi connectivity index (χ0) is 31.1. The second-order valence-electron chi connectivity index (χ2n) is 12.3. The second kappa shape index (κ2) is 13.8. The lowest BCUT2D eigenvalue weighted by Crippen LogP contribution is -2.57. The van der Waals surface area contributed by atoms with Crippen LogP contribution in [0.1, 0.15) is 68.3 Å². The predicted molar refractivity (Wildman–Crippen MR) is 168 cm³/mol. The van der Waals surface area contributed by atoms with Crippen molar-refractivity contribution >= 4 is 23.6 Å². The van der Waals surface area contributed by atoms with E-state index in [4.69, 9.17) is 9.47 Å². The summed E-state index contributed by atoms with van der Waals surface area (Å²) < 4.78 is 10.8. The number of methoxy groups -OCH3 is 1. The Hall–Kier alpha value is -4.33. The lowest BCUT2D eigenvalue weighted by Gasteiger charge is -2.43. The Morgan fingerprint density at radius 1 is 0.930 bits per heavy atom. The van der Waals surface area contributed by atoms with Crippen LogP contribution in [0.4, 0.5) is 10.5 Å². The van der Waals surface area contributed by atoms with Crippen molar-refractivity contribution in [3.63, 3.8) is 0 Å². The quantitative estimate of drug-likeness (QED) is 0.283. The van der Waals surface area contributed by atoms with Crippen molar-refractivity contribution in [1.29, 1.82) is 0 Å². The van der Waals surface area contributed by atoms with Crippen molar-refractivity contribution in [2.75, 3.05) is 12.4 Å². The maximum Gasteiger partial charge on any atom is 0.408 e. The number of hydrogen-bond acceptors (Lipinski definition) is 5. The highest BCUT2D eigenvalue weighted by molar-refractivity contribution is 5.99. The molecule has 8 nitrogen and oxygen atoms in total. The Balaban J connectivity index is 1.75. The first-order valence-electron chi connectivity index (χ1n) is 14.8. The molecule has 0 saturated heterocycles. The van der Waals surface area contributed by atoms with Crippen molar-refractivity contribution in [3.05, 3.63) is 95.1 Å². The largest absolute Gasteiger partial charge is 0.497 e. The molecular weight excluding hydrogens is 542 g/mol. The van der Waals surface area contributed by atoms with E-state index in [0.29, 0.717) is 11.4 Å². The van der Waals surface area contributed by atoms with Crippen LogP contribution in [0.15, 0.2) is 72.8 Å². The fourth-order valence-electron chi connectivity index (χ4n) is 5.35. The van der Waals surface area contributed by atoms with Crippen LogP contribution in [0.2, 0.25) is 0 Å². The normalized spacial score (nSPS) is 14.6. The fraction of sp³-hybridized carbons (Fsp3) is 0.400. The number of nitrogens with zero attached hydrogens (tertiary/aromatic N) is 1. The van der Waals surface area contributed by atoms with Gasteiger partial charge in [-0.2, -0.15) is 0 Å². The van der Waals surface area contributed by atoms with Gasteiger partial charge in [0, 0.05) is 18.2 Å². The summed E-state index contributed by atoms with van der Waals surface area (Å²) in [7, 11) is 1.59. The fourth-order valence-corrected chi connectivity index (χ4v) is 5.35. The summed E-state index contributed by atoms with van der Waals surface area (Å²) in [5.74, 6) is 0.0201. The van der Waals surface area contributed by atoms with E-state index in [-0.39, 0.29) is 24.3 Å². The van der Waals surface area contributed by atoms with Crippen LogP contribution >= 0.6 is 0 Å². The standard InChI is InChI=1S/C35H43N3O5/c1-23-19-24(2)21-26(20-23)31(32(39)36-27-15-17-29(42-6)18-16-27)38(28-13-10-14-28)33(40)30(22-25-11-8-7-9-12-25)37-34(41)43-35(3,4)5/h7-9,11-12,15-21,28,30-31H,10,13-14,22H2,1-6H3,(H,36,39)(H,37,41). The van der Waals surface area contributed by atoms with E-state index in [0.717, 1.165) is 41.5 Å². The zero-order valence-corrected chi connectivity index (χ0v) is 26.0. The third kappa shape index (κ3) is 8.60. The van der Waals surface area contributed by atoms with Crippen LogP contribution in [0.25, 0.3) is 0 Å². The van der Waals surface area contributed by atoms with Crippen LogP contribution in [-0.4, -0.2) is 47.6 Å². The highest BCUT2D eigenvalue weighted by Crippen LogP contribution is 2.35. The SMILES string of the molecule is COc1ccc(NC(=O)C(c2cc(C)cc(C)c2)N(C(=O)C(Cc2ccccc2)NC(=O)OC(C)(C)C)C2CCC2)cc1. The molecule has 1 aliphatic rings. The Kier molecular flexibility index (Phi) is 10.1. The summed E-state index contributed by atoms with van der Waals surface area (Å²) in [6.07, 6.45) is 2.07. The minimum absolute atomic E-state index is 0.154. The summed E-state index contributed by atoms with van der Waals surface area (Å²) in [4.78, 5) is 43.6. The first-order valence-corrected chi connectivity index (χ1v) is 14.8. The van der Waals surface area contributed by atoms with Gasteiger partial charge in [0.05, 0.1) is 7.11 Å². The number of ether oxygens (including phenoxy) is 2. The number of rotatable bonds is 10. The summed E-state index contributed by atoms with van der Waals surface area (Å²) >= 11 is 0. The van der Waals surface area contributed by atoms with Crippen LogP contribution in [0.3, 0.4) is 0 Å². The number of carbonyl (C=O) groups is 3. The Labute approximate surface area is 254 Å². The maximum absolute atomic E-state index is 14.7. The maximum atomic E-state index is 14.7. The van der Waals surface area contributed by atoms with Gasteiger partial charge in [-0.25, -0.2) is 4.79 Å². The van der Waals surface area contributed by atoms with Gasteiger partial charge < -0.3 is 25.0 Å². The van der Waals surface area contributed by atoms with Crippen LogP contribution in [-0.2, 0) is 20.7 Å². The Morgan fingerprint density at radius 3 is 2.09 bits per heavy atom. The molecule has 1 fully saturated rings. The number of alkyl carbamates (subject to hydrolysis) is 1. The van der Waals surface area contributed by atoms with Gasteiger partial charge in [0.25, 0.3) is 5.91 Å². The zero-order valence-electron chi connectivity index (χ0n) is 26.0. The van der Waals surface area contributed by atoms with Crippen molar-refractivity contribution in [2.24, 2.45) is 0 Å². The molecule has 0 aromatic heterocycles. The second-order valence-corrected chi connectivity index (χ2v) is 12.3. The van der Waals surface area contributed by atoms with Gasteiger partial charge in [0.1, 0.15) is 23.4 Å². The first kappa shape index (κ1) is 31.6. The number of carbonyl (C=O) groups excluding carboxylic acids is 3. The molecule has 3 aromatic carbocycles. The summed E-state index contributed by atoms with van der Waals surface area (Å²) in [5.41, 5.74) is 3.44. The van der Waals surface area contributed by atoms with Gasteiger partial charge >= 0.3 is 6.09 Å². The van der Waals surface area contributed by atoms with Crippen LogP contribution < -0.4 is 15.4 Å². The van der Waals surface area contributed by atoms with Gasteiger partial charge in [0.15, 0.2) is 0 Å². The summed E-state index contributed by atoms with van der Waals surface area (Å²) in [6, 6.07) is 20.6. The molecule has 3 aromatic rings. The number of hydrogen-bond donors (Lipinski definition) is 2. The lowest BCUT2D eigenvalue weighted by atomic mass is 9.87. The van der Waals surface area contributed by atoms with Gasteiger partial charge in [-0.1, -0.05) is 59.7 Å². The first-order chi connectivity index (χ1) is 20.4. The third-order valence-electron chi connectivity index (χ3n) is 7.44. The van der Waals surface area contributed by atoms with E-state index < -0.39 is 23.8 Å². The topological polar surface area (TPSA) is 97.0 Å². The molecule has 43 heavy (non-hydrogen) atoms. The molecule has 8 heteroatoms. The van der Waals surface area contributed by atoms with Crippen LogP contribution in [0, 0.1) is 13.8 Å². The number of aryl methyl sites for hydroxylation is 2. The molecule has 0 heterocycles. The third-order valence-corrected chi connectivity index (χ3v) is 7.44. The minimum atomic E-state index is -0.944. The van der Waals surface area contributed by atoms with Gasteiger partial charge in [0.2, 0.25) is 5.91 Å². The van der Waals surface area contributed by atoms with Crippen LogP contribution in [0.5, 0.6) is 5.75 Å². The molecule has 2 N–H and O–H groups in total. The Morgan fingerprint density at radius 2 is 1.56 bits per heavy atom. The summed E-state index contributed by atoms with van der Waals surface area (Å²) in [5, 5.41) is 5.87. The van der Waals surface area contributed by atoms with Gasteiger partial charge in [-0.05, 0) is 89.3 Å². The van der Waals surface area contributed by atoms with Gasteiger partial charge in [-0.3, -0.25) is 9.59 Å². The monoisotopic (exact) mass is 585 g/mol. The lowest BCUT2D eigenvalue weighted by molar-refractivity contribution is -0.145. The Bertz CT molecular complexity index is 1390. The molecule has 2 atom stereocenters. The minimum Gasteiger partial charge on any atom is -0.497 e. The van der Waals surface area contributed by atoms with E-state index >= 15 is 0 Å². The molecule has 0 spiro atoms. The molecule has 228 valence electrons. The van der Waals surface area contributed by atoms with Crippen molar-refractivity contribution < 1.29 is 23.9 Å². The molecule has 0 bridgehead atoms. The van der Waals surface area contributed by atoms with Crippen molar-refractivity contribution in [1.82, 2.24) is 10.2 Å². The molecular formula is C35H43N3O5. The number of anilines is 1. The van der Waals surface area contributed by atoms with Crippen molar-refractivity contribution in [2.45, 2.75) is 84.0 Å². The van der Waals surface area contributed by atoms with E-state index in [1.165, 1.54) is 0 Å². The van der Waals surface area contributed by atoms with E-state index in [1.54, 1.807) is 57.0 Å². The predicted octanol–water partition coefficient (Wildman–Crippen LogP) is 6.51. The summed E-state index contributed by atoms with van der Waals surface area (Å²) in [6.45, 7) is 9.29. The molecule has 1 saturated carbocycles. The molecule has 2 unspecified atom stereocenters. The van der Waals surface area contributed by atoms with Gasteiger partial charge in [-0.15, -0.1) is 0 Å². The number of amides is 3.